The van der Waals surface area contributed by atoms with E-state index in [1.54, 1.807) is 0 Å². The second kappa shape index (κ2) is 11.6. The van der Waals surface area contributed by atoms with Crippen molar-refractivity contribution in [1.29, 1.82) is 0 Å². The molecular weight excluding hydrogens is 416 g/mol. The summed E-state index contributed by atoms with van der Waals surface area (Å²) < 4.78 is 2.28. The van der Waals surface area contributed by atoms with E-state index in [-0.39, 0.29) is 6.04 Å². The first kappa shape index (κ1) is 23.0. The van der Waals surface area contributed by atoms with Crippen LogP contribution in [0.2, 0.25) is 5.02 Å². The zero-order valence-corrected chi connectivity index (χ0v) is 19.9. The van der Waals surface area contributed by atoms with E-state index in [0.29, 0.717) is 6.54 Å². The summed E-state index contributed by atoms with van der Waals surface area (Å²) in [6.45, 7) is 2.96. The van der Waals surface area contributed by atoms with Gasteiger partial charge in [-0.25, -0.2) is 0 Å². The molecule has 0 aliphatic carbocycles. The molecule has 0 bridgehead atoms. The Hall–Kier alpha value is -2.17. The summed E-state index contributed by atoms with van der Waals surface area (Å²) in [7, 11) is 0. The maximum absolute atomic E-state index is 6.13. The molecule has 32 heavy (non-hydrogen) atoms. The summed E-state index contributed by atoms with van der Waals surface area (Å²) in [5, 5.41) is 13.6. The number of nitrogens with zero attached hydrogens (tertiary/aromatic N) is 3. The fraction of sp³-hybridized carbons (Fsp3) is 0.481. The molecule has 5 heteroatoms. The fourth-order valence-corrected chi connectivity index (χ4v) is 4.82. The molecule has 3 aromatic rings. The third kappa shape index (κ3) is 5.60. The molecule has 0 fully saturated rings. The molecule has 0 radical (unpaired) electrons. The fourth-order valence-electron chi connectivity index (χ4n) is 4.69. The van der Waals surface area contributed by atoms with Gasteiger partial charge in [0.1, 0.15) is 5.82 Å². The monoisotopic (exact) mass is 450 g/mol. The van der Waals surface area contributed by atoms with Crippen LogP contribution < -0.4 is 5.32 Å². The van der Waals surface area contributed by atoms with Gasteiger partial charge in [-0.1, -0.05) is 100 Å². The third-order valence-corrected chi connectivity index (χ3v) is 6.71. The number of benzene rings is 2. The van der Waals surface area contributed by atoms with E-state index in [4.69, 9.17) is 11.6 Å². The quantitative estimate of drug-likeness (QED) is 0.314. The van der Waals surface area contributed by atoms with Crippen LogP contribution in [0.4, 0.5) is 0 Å². The van der Waals surface area contributed by atoms with Crippen LogP contribution in [0.3, 0.4) is 0 Å². The van der Waals surface area contributed by atoms with Crippen molar-refractivity contribution < 1.29 is 0 Å². The van der Waals surface area contributed by atoms with Crippen LogP contribution in [-0.4, -0.2) is 14.8 Å². The zero-order chi connectivity index (χ0) is 22.2. The number of hydrogen-bond acceptors (Lipinski definition) is 3. The maximum Gasteiger partial charge on any atom is 0.151 e. The van der Waals surface area contributed by atoms with Gasteiger partial charge in [0.25, 0.3) is 0 Å². The summed E-state index contributed by atoms with van der Waals surface area (Å²) in [4.78, 5) is 0. The number of aryl methyl sites for hydroxylation is 1. The van der Waals surface area contributed by atoms with E-state index < -0.39 is 0 Å². The van der Waals surface area contributed by atoms with Gasteiger partial charge in [0.2, 0.25) is 0 Å². The van der Waals surface area contributed by atoms with Gasteiger partial charge in [0, 0.05) is 11.4 Å². The molecule has 170 valence electrons. The Kier molecular flexibility index (Phi) is 8.36. The van der Waals surface area contributed by atoms with E-state index in [9.17, 15) is 0 Å². The molecule has 0 saturated carbocycles. The molecule has 1 aliphatic heterocycles. The van der Waals surface area contributed by atoms with E-state index >= 15 is 0 Å². The summed E-state index contributed by atoms with van der Waals surface area (Å²) >= 11 is 6.13. The average molecular weight is 451 g/mol. The van der Waals surface area contributed by atoms with Gasteiger partial charge in [-0.05, 0) is 35.7 Å². The largest absolute Gasteiger partial charge is 0.299 e. The van der Waals surface area contributed by atoms with Gasteiger partial charge in [-0.15, -0.1) is 10.2 Å². The van der Waals surface area contributed by atoms with E-state index in [0.717, 1.165) is 23.1 Å². The van der Waals surface area contributed by atoms with Crippen LogP contribution in [0.5, 0.6) is 0 Å². The van der Waals surface area contributed by atoms with Crippen molar-refractivity contribution in [2.75, 3.05) is 0 Å². The summed E-state index contributed by atoms with van der Waals surface area (Å²) in [5.74, 6) is 2.06. The van der Waals surface area contributed by atoms with Crippen molar-refractivity contribution in [2.24, 2.45) is 0 Å². The summed E-state index contributed by atoms with van der Waals surface area (Å²) in [6.07, 6.45) is 13.0. The Morgan fingerprint density at radius 1 is 0.875 bits per heavy atom. The van der Waals surface area contributed by atoms with Crippen molar-refractivity contribution in [1.82, 2.24) is 20.1 Å². The van der Waals surface area contributed by atoms with Gasteiger partial charge in [-0.3, -0.25) is 9.88 Å². The smallest absolute Gasteiger partial charge is 0.151 e. The number of unbranched alkanes of at least 4 members (excludes halogenated alkanes) is 8. The SMILES string of the molecule is CCCCCCCCCCCc1nnc2n1-c1ccccc1C(c1ccc(Cl)cc1)NC2. The molecule has 1 N–H and O–H groups in total. The number of nitrogens with one attached hydrogen (secondary N) is 1. The molecule has 4 rings (SSSR count). The zero-order valence-electron chi connectivity index (χ0n) is 19.2. The van der Waals surface area contributed by atoms with Crippen LogP contribution in [0.15, 0.2) is 48.5 Å². The van der Waals surface area contributed by atoms with Crippen LogP contribution >= 0.6 is 11.6 Å². The third-order valence-electron chi connectivity index (χ3n) is 6.46. The van der Waals surface area contributed by atoms with E-state index in [1.165, 1.54) is 74.6 Å². The molecule has 1 unspecified atom stereocenters. The molecule has 1 aliphatic rings. The van der Waals surface area contributed by atoms with Crippen molar-refractivity contribution >= 4 is 11.6 Å². The van der Waals surface area contributed by atoms with Crippen molar-refractivity contribution in [3.8, 4) is 5.69 Å². The Balaban J connectivity index is 1.43. The van der Waals surface area contributed by atoms with Crippen LogP contribution in [0.1, 0.15) is 93.5 Å². The van der Waals surface area contributed by atoms with Gasteiger partial charge >= 0.3 is 0 Å². The second-order valence-electron chi connectivity index (χ2n) is 8.87. The van der Waals surface area contributed by atoms with Crippen molar-refractivity contribution in [2.45, 2.75) is 83.7 Å². The lowest BCUT2D eigenvalue weighted by atomic mass is 9.97. The Labute approximate surface area is 197 Å². The first-order chi connectivity index (χ1) is 15.8. The number of aromatic nitrogens is 3. The minimum absolute atomic E-state index is 0.103. The molecular formula is C27H35ClN4. The second-order valence-corrected chi connectivity index (χ2v) is 9.31. The molecule has 2 aromatic carbocycles. The van der Waals surface area contributed by atoms with E-state index in [1.807, 2.05) is 12.1 Å². The predicted molar refractivity (Wildman–Crippen MR) is 132 cm³/mol. The lowest BCUT2D eigenvalue weighted by Gasteiger charge is -2.19. The molecule has 0 amide bonds. The van der Waals surface area contributed by atoms with Gasteiger partial charge in [-0.2, -0.15) is 0 Å². The average Bonchev–Trinajstić information content (AvgIpc) is 3.14. The highest BCUT2D eigenvalue weighted by Crippen LogP contribution is 2.32. The Morgan fingerprint density at radius 2 is 1.56 bits per heavy atom. The summed E-state index contributed by atoms with van der Waals surface area (Å²) in [5.41, 5.74) is 3.64. The van der Waals surface area contributed by atoms with Gasteiger partial charge in [0.15, 0.2) is 5.82 Å². The molecule has 4 nitrogen and oxygen atoms in total. The first-order valence-electron chi connectivity index (χ1n) is 12.3. The highest BCUT2D eigenvalue weighted by atomic mass is 35.5. The highest BCUT2D eigenvalue weighted by Gasteiger charge is 2.25. The molecule has 1 aromatic heterocycles. The van der Waals surface area contributed by atoms with Crippen LogP contribution in [0.25, 0.3) is 5.69 Å². The standard InChI is InChI=1S/C27H35ClN4/c1-2-3-4-5-6-7-8-9-10-15-25-30-31-26-20-29-27(21-16-18-22(28)19-17-21)23-13-11-12-14-24(23)32(25)26/h11-14,16-19,27,29H,2-10,15,20H2,1H3. The molecule has 0 spiro atoms. The topological polar surface area (TPSA) is 42.7 Å². The van der Waals surface area contributed by atoms with Gasteiger partial charge in [0.05, 0.1) is 18.3 Å². The van der Waals surface area contributed by atoms with Crippen molar-refractivity contribution in [3.63, 3.8) is 0 Å². The van der Waals surface area contributed by atoms with Gasteiger partial charge < -0.3 is 0 Å². The molecule has 2 heterocycles. The first-order valence-corrected chi connectivity index (χ1v) is 12.7. The highest BCUT2D eigenvalue weighted by molar-refractivity contribution is 6.30. The molecule has 0 saturated heterocycles. The Bertz CT molecular complexity index is 980. The number of para-hydroxylation sites is 1. The lowest BCUT2D eigenvalue weighted by molar-refractivity contribution is 0.560. The minimum Gasteiger partial charge on any atom is -0.299 e. The Morgan fingerprint density at radius 3 is 2.31 bits per heavy atom. The summed E-state index contributed by atoms with van der Waals surface area (Å²) in [6, 6.07) is 16.8. The number of halogens is 1. The number of rotatable bonds is 11. The number of hydrogen-bond donors (Lipinski definition) is 1. The molecule has 1 atom stereocenters. The van der Waals surface area contributed by atoms with Crippen molar-refractivity contribution in [3.05, 3.63) is 76.3 Å². The predicted octanol–water partition coefficient (Wildman–Crippen LogP) is 7.19. The maximum atomic E-state index is 6.13. The lowest BCUT2D eigenvalue weighted by Crippen LogP contribution is -2.21. The normalized spacial score (nSPS) is 15.2. The van der Waals surface area contributed by atoms with Crippen LogP contribution in [-0.2, 0) is 13.0 Å². The number of fused-ring (bicyclic) bond motifs is 3. The van der Waals surface area contributed by atoms with E-state index in [2.05, 4.69) is 63.4 Å². The van der Waals surface area contributed by atoms with Crippen LogP contribution in [0, 0.1) is 0 Å². The minimum atomic E-state index is 0.103.